The van der Waals surface area contributed by atoms with Gasteiger partial charge in [-0.15, -0.1) is 0 Å². The lowest BCUT2D eigenvalue weighted by Gasteiger charge is -2.12. The second-order valence-corrected chi connectivity index (χ2v) is 4.69. The number of ether oxygens (including phenoxy) is 1. The molecule has 2 amide bonds. The van der Waals surface area contributed by atoms with Crippen molar-refractivity contribution in [3.63, 3.8) is 0 Å². The molecule has 0 unspecified atom stereocenters. The molecule has 5 heteroatoms. The summed E-state index contributed by atoms with van der Waals surface area (Å²) >= 11 is 0. The Hall–Kier alpha value is -3.08. The molecule has 0 spiro atoms. The van der Waals surface area contributed by atoms with E-state index < -0.39 is 12.0 Å². The Labute approximate surface area is 135 Å². The number of amides is 2. The molecule has 23 heavy (non-hydrogen) atoms. The van der Waals surface area contributed by atoms with E-state index in [1.807, 2.05) is 48.5 Å². The summed E-state index contributed by atoms with van der Waals surface area (Å²) in [4.78, 5) is 23.5. The Balaban J connectivity index is 2.10. The Morgan fingerprint density at radius 3 is 2.39 bits per heavy atom. The van der Waals surface area contributed by atoms with Gasteiger partial charge in [-0.3, -0.25) is 0 Å². The van der Waals surface area contributed by atoms with E-state index in [2.05, 4.69) is 17.2 Å². The molecule has 0 fully saturated rings. The minimum absolute atomic E-state index is 0.110. The summed E-state index contributed by atoms with van der Waals surface area (Å²) in [6.07, 6.45) is 0. The van der Waals surface area contributed by atoms with Gasteiger partial charge < -0.3 is 15.4 Å². The van der Waals surface area contributed by atoms with Gasteiger partial charge in [0.2, 0.25) is 0 Å². The molecule has 2 aromatic rings. The van der Waals surface area contributed by atoms with E-state index in [1.54, 1.807) is 13.0 Å². The highest BCUT2D eigenvalue weighted by atomic mass is 16.5. The fourth-order valence-electron chi connectivity index (χ4n) is 2.02. The normalized spacial score (nSPS) is 9.78. The molecule has 2 aromatic carbocycles. The third kappa shape index (κ3) is 4.44. The van der Waals surface area contributed by atoms with Crippen molar-refractivity contribution in [2.75, 3.05) is 11.9 Å². The van der Waals surface area contributed by atoms with Crippen LogP contribution in [0.1, 0.15) is 6.92 Å². The quantitative estimate of drug-likeness (QED) is 0.655. The molecule has 118 valence electrons. The standard InChI is InChI=1S/C18H18N2O3/c1-3-23-17(21)13(2)19-18(22)20-16-12-8-7-11-15(16)14-9-5-4-6-10-14/h4-12H,2-3H2,1H3,(H2,19,20,22). The van der Waals surface area contributed by atoms with Crippen LogP contribution in [0.2, 0.25) is 0 Å². The second-order valence-electron chi connectivity index (χ2n) is 4.69. The molecule has 0 saturated heterocycles. The minimum atomic E-state index is -0.654. The maximum atomic E-state index is 12.0. The summed E-state index contributed by atoms with van der Waals surface area (Å²) in [5.74, 6) is -0.654. The number of para-hydroxylation sites is 1. The predicted molar refractivity (Wildman–Crippen MR) is 89.8 cm³/mol. The monoisotopic (exact) mass is 310 g/mol. The number of hydrogen-bond donors (Lipinski definition) is 2. The first-order valence-electron chi connectivity index (χ1n) is 7.20. The average Bonchev–Trinajstić information content (AvgIpc) is 2.56. The number of esters is 1. The first-order chi connectivity index (χ1) is 11.1. The summed E-state index contributed by atoms with van der Waals surface area (Å²) in [6, 6.07) is 16.5. The third-order valence-electron chi connectivity index (χ3n) is 3.05. The van der Waals surface area contributed by atoms with Crippen molar-refractivity contribution in [2.24, 2.45) is 0 Å². The number of hydrogen-bond acceptors (Lipinski definition) is 3. The molecular weight excluding hydrogens is 292 g/mol. The largest absolute Gasteiger partial charge is 0.461 e. The number of anilines is 1. The van der Waals surface area contributed by atoms with E-state index in [1.165, 1.54) is 0 Å². The van der Waals surface area contributed by atoms with Crippen molar-refractivity contribution in [1.29, 1.82) is 0 Å². The van der Waals surface area contributed by atoms with Gasteiger partial charge in [0.05, 0.1) is 12.3 Å². The van der Waals surface area contributed by atoms with Crippen molar-refractivity contribution in [1.82, 2.24) is 5.32 Å². The Morgan fingerprint density at radius 1 is 1.04 bits per heavy atom. The van der Waals surface area contributed by atoms with Gasteiger partial charge in [-0.05, 0) is 18.6 Å². The van der Waals surface area contributed by atoms with Crippen molar-refractivity contribution >= 4 is 17.7 Å². The summed E-state index contributed by atoms with van der Waals surface area (Å²) < 4.78 is 4.77. The zero-order chi connectivity index (χ0) is 16.7. The zero-order valence-corrected chi connectivity index (χ0v) is 12.8. The fourth-order valence-corrected chi connectivity index (χ4v) is 2.02. The highest BCUT2D eigenvalue weighted by molar-refractivity contribution is 5.99. The van der Waals surface area contributed by atoms with E-state index in [4.69, 9.17) is 4.74 Å². The lowest BCUT2D eigenvalue weighted by atomic mass is 10.0. The van der Waals surface area contributed by atoms with Crippen LogP contribution in [0.5, 0.6) is 0 Å². The molecule has 5 nitrogen and oxygen atoms in total. The van der Waals surface area contributed by atoms with E-state index >= 15 is 0 Å². The van der Waals surface area contributed by atoms with Crippen LogP contribution in [0.25, 0.3) is 11.1 Å². The molecule has 0 aliphatic heterocycles. The molecule has 0 aliphatic carbocycles. The van der Waals surface area contributed by atoms with Crippen molar-refractivity contribution in [3.05, 3.63) is 66.9 Å². The third-order valence-corrected chi connectivity index (χ3v) is 3.05. The predicted octanol–water partition coefficient (Wildman–Crippen LogP) is 3.55. The van der Waals surface area contributed by atoms with Gasteiger partial charge in [0.15, 0.2) is 0 Å². The molecular formula is C18H18N2O3. The van der Waals surface area contributed by atoms with Crippen LogP contribution in [0, 0.1) is 0 Å². The van der Waals surface area contributed by atoms with Crippen LogP contribution in [0.4, 0.5) is 10.5 Å². The number of carbonyl (C=O) groups excluding carboxylic acids is 2. The summed E-state index contributed by atoms with van der Waals surface area (Å²) in [5.41, 5.74) is 2.38. The van der Waals surface area contributed by atoms with E-state index in [9.17, 15) is 9.59 Å². The summed E-state index contributed by atoms with van der Waals surface area (Å²) in [6.45, 7) is 5.39. The van der Waals surface area contributed by atoms with Gasteiger partial charge in [0.25, 0.3) is 0 Å². The van der Waals surface area contributed by atoms with Gasteiger partial charge in [-0.1, -0.05) is 55.1 Å². The van der Waals surface area contributed by atoms with Crippen LogP contribution >= 0.6 is 0 Å². The SMILES string of the molecule is C=C(NC(=O)Nc1ccccc1-c1ccccc1)C(=O)OCC. The number of nitrogens with one attached hydrogen (secondary N) is 2. The van der Waals surface area contributed by atoms with E-state index in [0.717, 1.165) is 11.1 Å². The maximum absolute atomic E-state index is 12.0. The lowest BCUT2D eigenvalue weighted by Crippen LogP contribution is -2.31. The van der Waals surface area contributed by atoms with Crippen LogP contribution < -0.4 is 10.6 Å². The van der Waals surface area contributed by atoms with Crippen LogP contribution in [-0.2, 0) is 9.53 Å². The summed E-state index contributed by atoms with van der Waals surface area (Å²) in [7, 11) is 0. The molecule has 0 aromatic heterocycles. The molecule has 0 bridgehead atoms. The van der Waals surface area contributed by atoms with Crippen LogP contribution in [-0.4, -0.2) is 18.6 Å². The maximum Gasteiger partial charge on any atom is 0.354 e. The summed E-state index contributed by atoms with van der Waals surface area (Å²) in [5, 5.41) is 5.09. The number of benzene rings is 2. The van der Waals surface area contributed by atoms with Crippen LogP contribution in [0.15, 0.2) is 66.9 Å². The van der Waals surface area contributed by atoms with Gasteiger partial charge in [-0.2, -0.15) is 0 Å². The molecule has 0 radical (unpaired) electrons. The molecule has 2 rings (SSSR count). The highest BCUT2D eigenvalue weighted by Gasteiger charge is 2.13. The first kappa shape index (κ1) is 16.3. The molecule has 0 heterocycles. The Morgan fingerprint density at radius 2 is 1.70 bits per heavy atom. The van der Waals surface area contributed by atoms with E-state index in [-0.39, 0.29) is 12.3 Å². The van der Waals surface area contributed by atoms with Crippen LogP contribution in [0.3, 0.4) is 0 Å². The fraction of sp³-hybridized carbons (Fsp3) is 0.111. The second kappa shape index (κ2) is 7.79. The number of urea groups is 1. The lowest BCUT2D eigenvalue weighted by molar-refractivity contribution is -0.138. The number of carbonyl (C=O) groups is 2. The Kier molecular flexibility index (Phi) is 5.52. The van der Waals surface area contributed by atoms with Crippen molar-refractivity contribution in [3.8, 4) is 11.1 Å². The topological polar surface area (TPSA) is 67.4 Å². The zero-order valence-electron chi connectivity index (χ0n) is 12.8. The number of rotatable bonds is 5. The van der Waals surface area contributed by atoms with Gasteiger partial charge in [0, 0.05) is 5.56 Å². The minimum Gasteiger partial charge on any atom is -0.461 e. The van der Waals surface area contributed by atoms with Gasteiger partial charge >= 0.3 is 12.0 Å². The van der Waals surface area contributed by atoms with Crippen molar-refractivity contribution < 1.29 is 14.3 Å². The first-order valence-corrected chi connectivity index (χ1v) is 7.20. The molecule has 0 atom stereocenters. The van der Waals surface area contributed by atoms with E-state index in [0.29, 0.717) is 5.69 Å². The highest BCUT2D eigenvalue weighted by Crippen LogP contribution is 2.27. The smallest absolute Gasteiger partial charge is 0.354 e. The average molecular weight is 310 g/mol. The molecule has 0 aliphatic rings. The molecule has 0 saturated carbocycles. The molecule has 2 N–H and O–H groups in total. The Bertz CT molecular complexity index is 711. The van der Waals surface area contributed by atoms with Gasteiger partial charge in [-0.25, -0.2) is 9.59 Å². The van der Waals surface area contributed by atoms with Crippen molar-refractivity contribution in [2.45, 2.75) is 6.92 Å². The van der Waals surface area contributed by atoms with Gasteiger partial charge in [0.1, 0.15) is 5.70 Å².